The van der Waals surface area contributed by atoms with Crippen LogP contribution in [0.2, 0.25) is 0 Å². The van der Waals surface area contributed by atoms with Gasteiger partial charge in [0.1, 0.15) is 17.6 Å². The van der Waals surface area contributed by atoms with Crippen molar-refractivity contribution in [3.63, 3.8) is 0 Å². The monoisotopic (exact) mass is 232 g/mol. The number of benzene rings is 1. The van der Waals surface area contributed by atoms with Crippen LogP contribution in [0.3, 0.4) is 0 Å². The van der Waals surface area contributed by atoms with Gasteiger partial charge in [0.25, 0.3) is 0 Å². The molecule has 0 bridgehead atoms. The zero-order chi connectivity index (χ0) is 12.4. The highest BCUT2D eigenvalue weighted by Crippen LogP contribution is 2.32. The molecule has 1 heterocycles. The van der Waals surface area contributed by atoms with E-state index in [1.807, 2.05) is 19.9 Å². The predicted octanol–water partition coefficient (Wildman–Crippen LogP) is 3.30. The summed E-state index contributed by atoms with van der Waals surface area (Å²) in [4.78, 5) is 11.6. The molecule has 2 heteroatoms. The molecule has 0 fully saturated rings. The largest absolute Gasteiger partial charge is 0.490 e. The third kappa shape index (κ3) is 2.68. The van der Waals surface area contributed by atoms with E-state index in [0.717, 1.165) is 18.6 Å². The Morgan fingerprint density at radius 3 is 3.00 bits per heavy atom. The van der Waals surface area contributed by atoms with Gasteiger partial charge in [-0.3, -0.25) is 4.79 Å². The summed E-state index contributed by atoms with van der Waals surface area (Å²) < 4.78 is 5.88. The fourth-order valence-electron chi connectivity index (χ4n) is 2.45. The van der Waals surface area contributed by atoms with Crippen molar-refractivity contribution >= 4 is 5.78 Å². The van der Waals surface area contributed by atoms with E-state index in [1.54, 1.807) is 0 Å². The minimum atomic E-state index is 0.111. The molecule has 17 heavy (non-hydrogen) atoms. The van der Waals surface area contributed by atoms with Crippen molar-refractivity contribution in [3.05, 3.63) is 29.3 Å². The lowest BCUT2D eigenvalue weighted by Gasteiger charge is -2.15. The van der Waals surface area contributed by atoms with E-state index in [0.29, 0.717) is 12.2 Å². The lowest BCUT2D eigenvalue weighted by atomic mass is 9.95. The van der Waals surface area contributed by atoms with Crippen LogP contribution in [-0.2, 0) is 11.2 Å². The van der Waals surface area contributed by atoms with Gasteiger partial charge in [0.2, 0.25) is 0 Å². The second-order valence-electron chi connectivity index (χ2n) is 5.01. The molecular formula is C15H20O2. The van der Waals surface area contributed by atoms with Crippen molar-refractivity contribution < 1.29 is 9.53 Å². The molecule has 2 unspecified atom stereocenters. The van der Waals surface area contributed by atoms with Gasteiger partial charge in [-0.2, -0.15) is 0 Å². The first-order valence-electron chi connectivity index (χ1n) is 6.39. The number of hydrogen-bond acceptors (Lipinski definition) is 2. The Labute approximate surface area is 103 Å². The first-order valence-corrected chi connectivity index (χ1v) is 6.39. The summed E-state index contributed by atoms with van der Waals surface area (Å²) in [7, 11) is 0. The lowest BCUT2D eigenvalue weighted by Crippen LogP contribution is -2.21. The highest BCUT2D eigenvalue weighted by atomic mass is 16.5. The molecule has 2 nitrogen and oxygen atoms in total. The van der Waals surface area contributed by atoms with Crippen LogP contribution in [-0.4, -0.2) is 11.9 Å². The van der Waals surface area contributed by atoms with Gasteiger partial charge in [-0.05, 0) is 25.0 Å². The van der Waals surface area contributed by atoms with Gasteiger partial charge in [0, 0.05) is 18.8 Å². The highest BCUT2D eigenvalue weighted by Gasteiger charge is 2.26. The van der Waals surface area contributed by atoms with Gasteiger partial charge in [0.15, 0.2) is 0 Å². The second-order valence-corrected chi connectivity index (χ2v) is 5.01. The Morgan fingerprint density at radius 2 is 2.29 bits per heavy atom. The Kier molecular flexibility index (Phi) is 3.51. The van der Waals surface area contributed by atoms with Crippen LogP contribution < -0.4 is 4.74 Å². The standard InChI is InChI=1S/C15H20O2/c1-4-14(16)11(3)8-13-9-12-7-10(2)5-6-15(12)17-13/h5-7,11,13H,4,8-9H2,1-3H3. The van der Waals surface area contributed by atoms with E-state index < -0.39 is 0 Å². The summed E-state index contributed by atoms with van der Waals surface area (Å²) in [5.74, 6) is 1.44. The molecule has 0 saturated heterocycles. The number of rotatable bonds is 4. The Morgan fingerprint density at radius 1 is 1.53 bits per heavy atom. The average Bonchev–Trinajstić information content (AvgIpc) is 2.69. The van der Waals surface area contributed by atoms with Crippen LogP contribution in [0.15, 0.2) is 18.2 Å². The fourth-order valence-corrected chi connectivity index (χ4v) is 2.45. The Bertz CT molecular complexity index is 423. The number of carbonyl (C=O) groups is 1. The maximum Gasteiger partial charge on any atom is 0.135 e. The van der Waals surface area contributed by atoms with Crippen molar-refractivity contribution in [1.82, 2.24) is 0 Å². The second kappa shape index (κ2) is 4.91. The van der Waals surface area contributed by atoms with Crippen LogP contribution in [0.4, 0.5) is 0 Å². The molecule has 0 saturated carbocycles. The number of hydrogen-bond donors (Lipinski definition) is 0. The lowest BCUT2D eigenvalue weighted by molar-refractivity contribution is -0.122. The predicted molar refractivity (Wildman–Crippen MR) is 68.4 cm³/mol. The van der Waals surface area contributed by atoms with Crippen LogP contribution in [0.1, 0.15) is 37.8 Å². The Balaban J connectivity index is 1.98. The van der Waals surface area contributed by atoms with Crippen LogP contribution in [0.25, 0.3) is 0 Å². The fraction of sp³-hybridized carbons (Fsp3) is 0.533. The molecule has 0 aliphatic carbocycles. The van der Waals surface area contributed by atoms with E-state index >= 15 is 0 Å². The van der Waals surface area contributed by atoms with Gasteiger partial charge >= 0.3 is 0 Å². The summed E-state index contributed by atoms with van der Waals surface area (Å²) in [6.07, 6.45) is 2.58. The summed E-state index contributed by atoms with van der Waals surface area (Å²) >= 11 is 0. The topological polar surface area (TPSA) is 26.3 Å². The molecule has 1 aliphatic heterocycles. The quantitative estimate of drug-likeness (QED) is 0.796. The first-order chi connectivity index (χ1) is 8.10. The maximum absolute atomic E-state index is 11.6. The molecule has 92 valence electrons. The molecule has 2 rings (SSSR count). The molecular weight excluding hydrogens is 212 g/mol. The molecule has 0 spiro atoms. The van der Waals surface area contributed by atoms with Crippen molar-refractivity contribution in [3.8, 4) is 5.75 Å². The van der Waals surface area contributed by atoms with Crippen LogP contribution in [0.5, 0.6) is 5.75 Å². The van der Waals surface area contributed by atoms with Crippen molar-refractivity contribution in [2.24, 2.45) is 5.92 Å². The van der Waals surface area contributed by atoms with Crippen LogP contribution >= 0.6 is 0 Å². The van der Waals surface area contributed by atoms with Crippen molar-refractivity contribution in [2.45, 2.75) is 46.1 Å². The van der Waals surface area contributed by atoms with Gasteiger partial charge < -0.3 is 4.74 Å². The third-order valence-corrected chi connectivity index (χ3v) is 3.47. The number of carbonyl (C=O) groups excluding carboxylic acids is 1. The summed E-state index contributed by atoms with van der Waals surface area (Å²) in [6, 6.07) is 6.29. The number of fused-ring (bicyclic) bond motifs is 1. The molecule has 0 aromatic heterocycles. The molecule has 0 N–H and O–H groups in total. The molecule has 1 aromatic rings. The van der Waals surface area contributed by atoms with Crippen LogP contribution in [0, 0.1) is 12.8 Å². The smallest absolute Gasteiger partial charge is 0.135 e. The van der Waals surface area contributed by atoms with Gasteiger partial charge in [-0.25, -0.2) is 0 Å². The summed E-state index contributed by atoms with van der Waals surface area (Å²) in [5, 5.41) is 0. The van der Waals surface area contributed by atoms with Gasteiger partial charge in [-0.1, -0.05) is 31.5 Å². The number of ether oxygens (including phenoxy) is 1. The van der Waals surface area contributed by atoms with Gasteiger partial charge in [-0.15, -0.1) is 0 Å². The molecule has 1 aromatic carbocycles. The van der Waals surface area contributed by atoms with E-state index in [9.17, 15) is 4.79 Å². The number of ketones is 1. The third-order valence-electron chi connectivity index (χ3n) is 3.47. The molecule has 0 radical (unpaired) electrons. The molecule has 0 amide bonds. The number of Topliss-reactive ketones (excluding diaryl/α,β-unsaturated/α-hetero) is 1. The molecule has 2 atom stereocenters. The van der Waals surface area contributed by atoms with E-state index in [2.05, 4.69) is 19.1 Å². The molecule has 1 aliphatic rings. The van der Waals surface area contributed by atoms with E-state index in [1.165, 1.54) is 11.1 Å². The zero-order valence-corrected chi connectivity index (χ0v) is 10.8. The average molecular weight is 232 g/mol. The number of aryl methyl sites for hydroxylation is 1. The van der Waals surface area contributed by atoms with Crippen molar-refractivity contribution in [1.29, 1.82) is 0 Å². The summed E-state index contributed by atoms with van der Waals surface area (Å²) in [5.41, 5.74) is 2.55. The SMILES string of the molecule is CCC(=O)C(C)CC1Cc2cc(C)ccc2O1. The zero-order valence-electron chi connectivity index (χ0n) is 10.8. The maximum atomic E-state index is 11.6. The Hall–Kier alpha value is -1.31. The first kappa shape index (κ1) is 12.2. The van der Waals surface area contributed by atoms with E-state index in [-0.39, 0.29) is 12.0 Å². The minimum absolute atomic E-state index is 0.111. The van der Waals surface area contributed by atoms with Gasteiger partial charge in [0.05, 0.1) is 0 Å². The summed E-state index contributed by atoms with van der Waals surface area (Å²) in [6.45, 7) is 6.02. The minimum Gasteiger partial charge on any atom is -0.490 e. The normalized spacial score (nSPS) is 19.6. The highest BCUT2D eigenvalue weighted by molar-refractivity contribution is 5.80. The van der Waals surface area contributed by atoms with Crippen molar-refractivity contribution in [2.75, 3.05) is 0 Å². The van der Waals surface area contributed by atoms with E-state index in [4.69, 9.17) is 4.74 Å².